The minimum atomic E-state index is -3.67. The molecule has 2 aromatic carbocycles. The van der Waals surface area contributed by atoms with E-state index in [1.165, 1.54) is 25.3 Å². The summed E-state index contributed by atoms with van der Waals surface area (Å²) >= 11 is 0. The van der Waals surface area contributed by atoms with E-state index in [2.05, 4.69) is 19.6 Å². The van der Waals surface area contributed by atoms with E-state index in [9.17, 15) is 12.8 Å². The van der Waals surface area contributed by atoms with Gasteiger partial charge in [0.15, 0.2) is 0 Å². The first-order valence-corrected chi connectivity index (χ1v) is 11.6. The molecule has 0 bridgehead atoms. The molecular weight excluding hydrogens is 421 g/mol. The van der Waals surface area contributed by atoms with Crippen molar-refractivity contribution in [2.45, 2.75) is 17.7 Å². The predicted molar refractivity (Wildman–Crippen MR) is 117 cm³/mol. The number of sulfonamides is 1. The normalized spacial score (nSPS) is 15.4. The summed E-state index contributed by atoms with van der Waals surface area (Å²) in [5.74, 6) is 0.351. The molecule has 0 spiro atoms. The molecule has 1 aliphatic heterocycles. The van der Waals surface area contributed by atoms with E-state index in [1.807, 2.05) is 0 Å². The zero-order chi connectivity index (χ0) is 22.3. The summed E-state index contributed by atoms with van der Waals surface area (Å²) in [5, 5.41) is 3.63. The van der Waals surface area contributed by atoms with Gasteiger partial charge in [0.05, 0.1) is 17.6 Å². The van der Waals surface area contributed by atoms with Crippen molar-refractivity contribution in [1.29, 1.82) is 0 Å². The fourth-order valence-corrected chi connectivity index (χ4v) is 4.74. The third kappa shape index (κ3) is 5.95. The molecule has 10 heteroatoms. The Bertz CT molecular complexity index is 1030. The average Bonchev–Trinajstić information content (AvgIpc) is 2.78. The van der Waals surface area contributed by atoms with E-state index in [0.717, 1.165) is 25.9 Å². The van der Waals surface area contributed by atoms with Gasteiger partial charge in [-0.25, -0.2) is 17.5 Å². The van der Waals surface area contributed by atoms with E-state index in [0.29, 0.717) is 42.4 Å². The number of benzene rings is 2. The molecule has 1 heterocycles. The van der Waals surface area contributed by atoms with Crippen molar-refractivity contribution >= 4 is 10.0 Å². The summed E-state index contributed by atoms with van der Waals surface area (Å²) in [6.45, 7) is 3.13. The molecule has 1 N–H and O–H groups in total. The van der Waals surface area contributed by atoms with Gasteiger partial charge in [0.1, 0.15) is 11.6 Å². The van der Waals surface area contributed by atoms with Crippen LogP contribution in [0.15, 0.2) is 52.5 Å². The first-order valence-electron chi connectivity index (χ1n) is 10.1. The maximum atomic E-state index is 14.2. The van der Waals surface area contributed by atoms with E-state index < -0.39 is 15.8 Å². The zero-order valence-corrected chi connectivity index (χ0v) is 18.2. The number of azide groups is 1. The smallest absolute Gasteiger partial charge is 0.240 e. The number of rotatable bonds is 9. The second-order valence-corrected chi connectivity index (χ2v) is 9.20. The van der Waals surface area contributed by atoms with Gasteiger partial charge in [-0.15, -0.1) is 0 Å². The monoisotopic (exact) mass is 447 g/mol. The molecular formula is C21H26FN5O3S. The number of methoxy groups -OCH3 is 1. The molecule has 0 atom stereocenters. The molecule has 0 saturated carbocycles. The van der Waals surface area contributed by atoms with Gasteiger partial charge in [-0.1, -0.05) is 23.3 Å². The van der Waals surface area contributed by atoms with Gasteiger partial charge in [-0.3, -0.25) is 0 Å². The van der Waals surface area contributed by atoms with Crippen LogP contribution in [0.4, 0.5) is 4.39 Å². The van der Waals surface area contributed by atoms with Crippen LogP contribution in [0.2, 0.25) is 0 Å². The predicted octanol–water partition coefficient (Wildman–Crippen LogP) is 3.80. The number of ether oxygens (including phenoxy) is 1. The lowest BCUT2D eigenvalue weighted by atomic mass is 9.97. The highest BCUT2D eigenvalue weighted by molar-refractivity contribution is 7.89. The van der Waals surface area contributed by atoms with Gasteiger partial charge in [0.2, 0.25) is 10.0 Å². The lowest BCUT2D eigenvalue weighted by molar-refractivity contribution is 0.190. The Morgan fingerprint density at radius 3 is 2.58 bits per heavy atom. The first-order chi connectivity index (χ1) is 14.9. The maximum Gasteiger partial charge on any atom is 0.240 e. The summed E-state index contributed by atoms with van der Waals surface area (Å²) in [4.78, 5) is 5.12. The van der Waals surface area contributed by atoms with Crippen molar-refractivity contribution in [2.24, 2.45) is 11.0 Å². The summed E-state index contributed by atoms with van der Waals surface area (Å²) in [6.07, 6.45) is 1.87. The van der Waals surface area contributed by atoms with E-state index in [4.69, 9.17) is 10.3 Å². The Balaban J connectivity index is 1.56. The third-order valence-corrected chi connectivity index (χ3v) is 6.96. The lowest BCUT2D eigenvalue weighted by Gasteiger charge is -2.31. The molecule has 166 valence electrons. The lowest BCUT2D eigenvalue weighted by Crippen LogP contribution is -2.40. The van der Waals surface area contributed by atoms with Crippen molar-refractivity contribution < 1.29 is 17.5 Å². The molecule has 0 unspecified atom stereocenters. The molecule has 3 rings (SSSR count). The Morgan fingerprint density at radius 2 is 1.94 bits per heavy atom. The SMILES string of the molecule is COc1cccc(F)c1-c1ccc(S(=O)(=O)NCCN2CCC(CN=[N+]=[N-])CC2)cc1. The number of nitrogens with zero attached hydrogens (tertiary/aromatic N) is 4. The molecule has 1 saturated heterocycles. The second kappa shape index (κ2) is 10.6. The van der Waals surface area contributed by atoms with Crippen molar-refractivity contribution in [1.82, 2.24) is 9.62 Å². The van der Waals surface area contributed by atoms with Crippen LogP contribution in [0.5, 0.6) is 5.75 Å². The van der Waals surface area contributed by atoms with Crippen LogP contribution in [0.3, 0.4) is 0 Å². The summed E-state index contributed by atoms with van der Waals surface area (Å²) in [5.41, 5.74) is 9.24. The highest BCUT2D eigenvalue weighted by Gasteiger charge is 2.20. The first kappa shape index (κ1) is 23.0. The molecule has 0 aliphatic carbocycles. The summed E-state index contributed by atoms with van der Waals surface area (Å²) in [6, 6.07) is 10.6. The Labute approximate surface area is 181 Å². The molecule has 2 aromatic rings. The van der Waals surface area contributed by atoms with Crippen molar-refractivity contribution in [3.05, 3.63) is 58.7 Å². The van der Waals surface area contributed by atoms with Gasteiger partial charge < -0.3 is 9.64 Å². The van der Waals surface area contributed by atoms with Crippen LogP contribution in [0.25, 0.3) is 21.6 Å². The third-order valence-electron chi connectivity index (χ3n) is 5.48. The molecule has 0 amide bonds. The highest BCUT2D eigenvalue weighted by Crippen LogP contribution is 2.32. The van der Waals surface area contributed by atoms with Gasteiger partial charge in [0, 0.05) is 24.5 Å². The number of halogens is 1. The van der Waals surface area contributed by atoms with Crippen LogP contribution in [-0.4, -0.2) is 53.2 Å². The number of piperidine rings is 1. The molecule has 31 heavy (non-hydrogen) atoms. The fourth-order valence-electron chi connectivity index (χ4n) is 3.72. The molecule has 0 aromatic heterocycles. The average molecular weight is 448 g/mol. The van der Waals surface area contributed by atoms with Gasteiger partial charge in [0.25, 0.3) is 0 Å². The standard InChI is InChI=1S/C21H26FN5O3S/c1-30-20-4-2-3-19(22)21(20)17-5-7-18(8-6-17)31(28,29)25-11-14-27-12-9-16(10-13-27)15-24-26-23/h2-8,16,25H,9-15H2,1H3. The van der Waals surface area contributed by atoms with Gasteiger partial charge in [-0.05, 0) is 67.2 Å². The largest absolute Gasteiger partial charge is 0.496 e. The van der Waals surface area contributed by atoms with E-state index in [1.54, 1.807) is 24.3 Å². The van der Waals surface area contributed by atoms with Crippen LogP contribution >= 0.6 is 0 Å². The number of hydrogen-bond acceptors (Lipinski definition) is 5. The van der Waals surface area contributed by atoms with Crippen LogP contribution < -0.4 is 9.46 Å². The highest BCUT2D eigenvalue weighted by atomic mass is 32.2. The topological polar surface area (TPSA) is 107 Å². The van der Waals surface area contributed by atoms with E-state index in [-0.39, 0.29) is 4.90 Å². The summed E-state index contributed by atoms with van der Waals surface area (Å²) < 4.78 is 47.3. The molecule has 1 fully saturated rings. The van der Waals surface area contributed by atoms with Crippen LogP contribution in [0, 0.1) is 11.7 Å². The minimum Gasteiger partial charge on any atom is -0.496 e. The van der Waals surface area contributed by atoms with E-state index >= 15 is 0 Å². The Kier molecular flexibility index (Phi) is 7.86. The van der Waals surface area contributed by atoms with Gasteiger partial charge in [-0.2, -0.15) is 0 Å². The zero-order valence-electron chi connectivity index (χ0n) is 17.4. The molecule has 8 nitrogen and oxygen atoms in total. The number of nitrogens with one attached hydrogen (secondary N) is 1. The van der Waals surface area contributed by atoms with Gasteiger partial charge >= 0.3 is 0 Å². The maximum absolute atomic E-state index is 14.2. The van der Waals surface area contributed by atoms with Crippen molar-refractivity contribution in [2.75, 3.05) is 39.8 Å². The number of likely N-dealkylation sites (tertiary alicyclic amines) is 1. The van der Waals surface area contributed by atoms with Crippen LogP contribution in [-0.2, 0) is 10.0 Å². The quantitative estimate of drug-likeness (QED) is 0.358. The van der Waals surface area contributed by atoms with Crippen molar-refractivity contribution in [3.63, 3.8) is 0 Å². The van der Waals surface area contributed by atoms with Crippen molar-refractivity contribution in [3.8, 4) is 16.9 Å². The second-order valence-electron chi connectivity index (χ2n) is 7.44. The Morgan fingerprint density at radius 1 is 1.23 bits per heavy atom. The fraction of sp³-hybridized carbons (Fsp3) is 0.429. The Hall–Kier alpha value is -2.65. The van der Waals surface area contributed by atoms with Crippen LogP contribution in [0.1, 0.15) is 12.8 Å². The molecule has 0 radical (unpaired) electrons. The molecule has 1 aliphatic rings. The summed E-state index contributed by atoms with van der Waals surface area (Å²) in [7, 11) is -2.20. The minimum absolute atomic E-state index is 0.125. The number of hydrogen-bond donors (Lipinski definition) is 1.